The highest BCUT2D eigenvalue weighted by Gasteiger charge is 2.19. The average molecular weight is 450 g/mol. The quantitative estimate of drug-likeness (QED) is 0.422. The number of halogens is 3. The molecule has 1 amide bonds. The van der Waals surface area contributed by atoms with E-state index in [2.05, 4.69) is 28.2 Å². The van der Waals surface area contributed by atoms with Crippen molar-refractivity contribution in [2.45, 2.75) is 40.5 Å². The number of hydrogen-bond acceptors (Lipinski definition) is 2. The molecular formula is C19H27BrCl2N2O. The van der Waals surface area contributed by atoms with E-state index < -0.39 is 0 Å². The number of carbonyl (C=O) groups is 1. The molecule has 3 N–H and O–H groups in total. The Labute approximate surface area is 169 Å². The minimum Gasteiger partial charge on any atom is -0.394 e. The van der Waals surface area contributed by atoms with Crippen LogP contribution in [0.5, 0.6) is 0 Å². The summed E-state index contributed by atoms with van der Waals surface area (Å²) >= 11 is 15.6. The summed E-state index contributed by atoms with van der Waals surface area (Å²) in [6.07, 6.45) is 3.42. The van der Waals surface area contributed by atoms with Crippen molar-refractivity contribution in [1.29, 1.82) is 0 Å². The van der Waals surface area contributed by atoms with Gasteiger partial charge in [-0.15, -0.1) is 0 Å². The van der Waals surface area contributed by atoms with Crippen LogP contribution >= 0.6 is 39.1 Å². The number of hydrogen-bond donors (Lipinski definition) is 2. The van der Waals surface area contributed by atoms with E-state index in [0.717, 1.165) is 22.0 Å². The Balaban J connectivity index is 0.00000277. The first-order valence-corrected chi connectivity index (χ1v) is 9.83. The summed E-state index contributed by atoms with van der Waals surface area (Å²) in [7, 11) is 1.56. The van der Waals surface area contributed by atoms with E-state index in [1.54, 1.807) is 13.1 Å². The monoisotopic (exact) mass is 448 g/mol. The largest absolute Gasteiger partial charge is 0.394 e. The highest BCUT2D eigenvalue weighted by Crippen LogP contribution is 2.28. The van der Waals surface area contributed by atoms with Gasteiger partial charge in [0.15, 0.2) is 0 Å². The molecule has 0 aliphatic rings. The molecule has 0 saturated heterocycles. The predicted octanol–water partition coefficient (Wildman–Crippen LogP) is 5.85. The molecule has 0 fully saturated rings. The van der Waals surface area contributed by atoms with Gasteiger partial charge >= 0.3 is 0 Å². The lowest BCUT2D eigenvalue weighted by molar-refractivity contribution is -0.117. The van der Waals surface area contributed by atoms with Crippen LogP contribution in [0, 0.1) is 5.92 Å². The van der Waals surface area contributed by atoms with Crippen molar-refractivity contribution in [2.24, 2.45) is 11.7 Å². The third-order valence-electron chi connectivity index (χ3n) is 3.47. The first kappa shape index (κ1) is 24.0. The molecule has 1 aromatic carbocycles. The van der Waals surface area contributed by atoms with Gasteiger partial charge < -0.3 is 11.1 Å². The van der Waals surface area contributed by atoms with E-state index in [4.69, 9.17) is 28.9 Å². The Morgan fingerprint density at radius 3 is 2.20 bits per heavy atom. The number of rotatable bonds is 6. The Morgan fingerprint density at radius 2 is 1.80 bits per heavy atom. The van der Waals surface area contributed by atoms with E-state index >= 15 is 0 Å². The molecule has 3 nitrogen and oxygen atoms in total. The maximum atomic E-state index is 11.9. The van der Waals surface area contributed by atoms with Crippen molar-refractivity contribution >= 4 is 45.0 Å². The lowest BCUT2D eigenvalue weighted by atomic mass is 9.87. The van der Waals surface area contributed by atoms with Gasteiger partial charge in [0.25, 0.3) is 5.91 Å². The minimum absolute atomic E-state index is 0.0781. The fraction of sp³-hybridized carbons (Fsp3) is 0.421. The molecule has 140 valence electrons. The van der Waals surface area contributed by atoms with Crippen LogP contribution in [0.25, 0.3) is 0 Å². The molecular weight excluding hydrogens is 423 g/mol. The summed E-state index contributed by atoms with van der Waals surface area (Å²) in [6, 6.07) is 5.47. The van der Waals surface area contributed by atoms with Crippen LogP contribution in [0.4, 0.5) is 0 Å². The molecule has 0 aromatic heterocycles. The van der Waals surface area contributed by atoms with Gasteiger partial charge in [-0.3, -0.25) is 4.79 Å². The molecule has 0 bridgehead atoms. The van der Waals surface area contributed by atoms with Crippen molar-refractivity contribution < 1.29 is 4.79 Å². The zero-order valence-corrected chi connectivity index (χ0v) is 18.5. The van der Waals surface area contributed by atoms with E-state index in [0.29, 0.717) is 16.5 Å². The minimum atomic E-state index is -0.285. The van der Waals surface area contributed by atoms with Crippen LogP contribution in [0.1, 0.15) is 39.7 Å². The van der Waals surface area contributed by atoms with Crippen LogP contribution in [0.15, 0.2) is 40.0 Å². The van der Waals surface area contributed by atoms with E-state index in [1.807, 2.05) is 39.0 Å². The molecule has 0 spiro atoms. The first-order valence-electron chi connectivity index (χ1n) is 8.28. The van der Waals surface area contributed by atoms with Gasteiger partial charge in [-0.05, 0) is 65.6 Å². The van der Waals surface area contributed by atoms with Crippen molar-refractivity contribution in [2.75, 3.05) is 7.05 Å². The lowest BCUT2D eigenvalue weighted by Crippen LogP contribution is -2.28. The zero-order valence-electron chi connectivity index (χ0n) is 15.4. The fourth-order valence-electron chi connectivity index (χ4n) is 2.38. The fourth-order valence-corrected chi connectivity index (χ4v) is 3.20. The summed E-state index contributed by atoms with van der Waals surface area (Å²) < 4.78 is 0.905. The second-order valence-electron chi connectivity index (χ2n) is 5.27. The zero-order chi connectivity index (χ0) is 19.6. The summed E-state index contributed by atoms with van der Waals surface area (Å²) in [5, 5.41) is 3.76. The number of allylic oxidation sites excluding steroid dienone is 3. The number of benzene rings is 1. The standard InChI is InChI=1S/C17H21BrCl2N2O.C2H6/c1-4-12(6-11-7-13(19)9-14(20)8-11)15(5-10(2)18)16(21)17(23)22-3;1-2/h5,7-9,12H,4,6,21H2,1-3H3,(H,22,23);1-2H3/b10-5+,16-15+;. The molecule has 25 heavy (non-hydrogen) atoms. The average Bonchev–Trinajstić information content (AvgIpc) is 2.57. The molecule has 6 heteroatoms. The van der Waals surface area contributed by atoms with Crippen molar-refractivity contribution in [3.8, 4) is 0 Å². The summed E-state index contributed by atoms with van der Waals surface area (Å²) in [5.41, 5.74) is 8.10. The van der Waals surface area contributed by atoms with E-state index in [9.17, 15) is 4.79 Å². The predicted molar refractivity (Wildman–Crippen MR) is 113 cm³/mol. The van der Waals surface area contributed by atoms with Crippen LogP contribution in [-0.2, 0) is 11.2 Å². The van der Waals surface area contributed by atoms with Gasteiger partial charge in [0.05, 0.1) is 0 Å². The normalized spacial score (nSPS) is 13.4. The van der Waals surface area contributed by atoms with Crippen molar-refractivity contribution in [3.05, 3.63) is 55.6 Å². The molecule has 1 rings (SSSR count). The third kappa shape index (κ3) is 8.30. The van der Waals surface area contributed by atoms with Crippen LogP contribution in [0.2, 0.25) is 10.0 Å². The van der Waals surface area contributed by atoms with Gasteiger partial charge in [-0.1, -0.05) is 59.9 Å². The van der Waals surface area contributed by atoms with Gasteiger partial charge in [-0.2, -0.15) is 0 Å². The van der Waals surface area contributed by atoms with Crippen molar-refractivity contribution in [3.63, 3.8) is 0 Å². The third-order valence-corrected chi connectivity index (χ3v) is 4.14. The maximum absolute atomic E-state index is 11.9. The SMILES string of the molecule is CC.CCC(Cc1cc(Cl)cc(Cl)c1)C(/C=C(\C)Br)=C(/N)C(=O)NC. The van der Waals surface area contributed by atoms with Gasteiger partial charge in [0.1, 0.15) is 5.70 Å². The topological polar surface area (TPSA) is 55.1 Å². The molecule has 0 aliphatic heterocycles. The molecule has 0 radical (unpaired) electrons. The number of nitrogens with two attached hydrogens (primary N) is 1. The second kappa shape index (κ2) is 12.4. The number of carbonyl (C=O) groups excluding carboxylic acids is 1. The lowest BCUT2D eigenvalue weighted by Gasteiger charge is -2.19. The summed E-state index contributed by atoms with van der Waals surface area (Å²) in [5.74, 6) is -0.207. The molecule has 1 unspecified atom stereocenters. The smallest absolute Gasteiger partial charge is 0.267 e. The maximum Gasteiger partial charge on any atom is 0.267 e. The summed E-state index contributed by atoms with van der Waals surface area (Å²) in [4.78, 5) is 11.9. The second-order valence-corrected chi connectivity index (χ2v) is 7.39. The highest BCUT2D eigenvalue weighted by molar-refractivity contribution is 9.11. The van der Waals surface area contributed by atoms with Gasteiger partial charge in [0.2, 0.25) is 0 Å². The number of likely N-dealkylation sites (N-methyl/N-ethyl adjacent to an activating group) is 1. The molecule has 0 heterocycles. The van der Waals surface area contributed by atoms with Crippen molar-refractivity contribution in [1.82, 2.24) is 5.32 Å². The van der Waals surface area contributed by atoms with E-state index in [-0.39, 0.29) is 17.5 Å². The van der Waals surface area contributed by atoms with Crippen LogP contribution < -0.4 is 11.1 Å². The molecule has 1 aromatic rings. The van der Waals surface area contributed by atoms with Gasteiger partial charge in [-0.25, -0.2) is 0 Å². The van der Waals surface area contributed by atoms with Crippen LogP contribution in [-0.4, -0.2) is 13.0 Å². The Morgan fingerprint density at radius 1 is 1.28 bits per heavy atom. The number of amides is 1. The molecule has 0 saturated carbocycles. The molecule has 0 aliphatic carbocycles. The highest BCUT2D eigenvalue weighted by atomic mass is 79.9. The van der Waals surface area contributed by atoms with Crippen LogP contribution in [0.3, 0.4) is 0 Å². The molecule has 1 atom stereocenters. The Bertz CT molecular complexity index is 618. The number of nitrogens with one attached hydrogen (secondary N) is 1. The Kier molecular flexibility index (Phi) is 11.9. The van der Waals surface area contributed by atoms with E-state index in [1.165, 1.54) is 0 Å². The van der Waals surface area contributed by atoms with Gasteiger partial charge in [0, 0.05) is 17.1 Å². The first-order chi connectivity index (χ1) is 11.8. The Hall–Kier alpha value is -0.970. The summed E-state index contributed by atoms with van der Waals surface area (Å²) in [6.45, 7) is 7.96.